The Kier molecular flexibility index (Phi) is 10.4. The number of fused-ring (bicyclic) bond motifs is 8. The number of aromatic carboxylic acids is 4. The van der Waals surface area contributed by atoms with Crippen molar-refractivity contribution in [3.63, 3.8) is 0 Å². The van der Waals surface area contributed by atoms with Gasteiger partial charge in [-0.1, -0.05) is 72.8 Å². The van der Waals surface area contributed by atoms with E-state index in [1.54, 1.807) is 48.5 Å². The Morgan fingerprint density at radius 3 is 0.951 bits per heavy atom. The van der Waals surface area contributed by atoms with Crippen LogP contribution in [0.2, 0.25) is 0 Å². The molecule has 2 aliphatic rings. The fourth-order valence-corrected chi connectivity index (χ4v) is 7.53. The molecule has 12 nitrogen and oxygen atoms in total. The smallest absolute Gasteiger partial charge is 0.545 e. The molecular weight excluding hydrogens is 867 g/mol. The van der Waals surface area contributed by atoms with Crippen molar-refractivity contribution in [2.24, 2.45) is 0 Å². The molecule has 0 unspecified atom stereocenters. The molecule has 298 valence electrons. The van der Waals surface area contributed by atoms with E-state index in [2.05, 4.69) is 9.97 Å². The number of carbonyl (C=O) groups excluding carboxylic acids is 2. The molecule has 0 aliphatic carbocycles. The Hall–Kier alpha value is -7.98. The monoisotopic (exact) mass is 894 g/mol. The van der Waals surface area contributed by atoms with Gasteiger partial charge in [0.05, 0.1) is 45.8 Å². The van der Waals surface area contributed by atoms with E-state index in [9.17, 15) is 39.6 Å². The van der Waals surface area contributed by atoms with E-state index in [1.165, 1.54) is 48.5 Å². The topological polar surface area (TPSA) is 212 Å². The fraction of sp³-hybridized carbons (Fsp3) is 0. The van der Waals surface area contributed by atoms with Crippen LogP contribution < -0.4 is 10.2 Å². The van der Waals surface area contributed by atoms with Gasteiger partial charge in [0, 0.05) is 44.3 Å². The second kappa shape index (κ2) is 16.0. The third-order valence-corrected chi connectivity index (χ3v) is 10.4. The number of carboxylic acids is 4. The van der Waals surface area contributed by atoms with Crippen LogP contribution in [0.1, 0.15) is 64.2 Å². The Labute approximate surface area is 359 Å². The number of carboxylic acid groups (broad SMARTS) is 4. The third-order valence-electron chi connectivity index (χ3n) is 10.4. The van der Waals surface area contributed by atoms with Crippen LogP contribution in [-0.4, -0.2) is 54.0 Å². The molecule has 0 spiro atoms. The first-order valence-corrected chi connectivity index (χ1v) is 18.5. The predicted octanol–water partition coefficient (Wildman–Crippen LogP) is 7.44. The maximum absolute atomic E-state index is 11.8. The summed E-state index contributed by atoms with van der Waals surface area (Å²) in [6.07, 6.45) is 7.34. The number of hydrogen-bond donors (Lipinski definition) is 4. The number of carbonyl (C=O) groups is 4. The maximum atomic E-state index is 11.8. The van der Waals surface area contributed by atoms with Gasteiger partial charge in [0.2, 0.25) is 0 Å². The molecule has 2 aliphatic heterocycles. The first-order valence-electron chi connectivity index (χ1n) is 18.5. The van der Waals surface area contributed by atoms with Gasteiger partial charge in [-0.2, -0.15) is 0 Å². The molecule has 0 saturated carbocycles. The van der Waals surface area contributed by atoms with E-state index >= 15 is 0 Å². The predicted molar refractivity (Wildman–Crippen MR) is 223 cm³/mol. The van der Waals surface area contributed by atoms with Crippen molar-refractivity contribution in [2.75, 3.05) is 0 Å². The molecule has 13 heteroatoms. The van der Waals surface area contributed by atoms with E-state index in [-0.39, 0.29) is 42.7 Å². The number of aromatic nitrogens is 4. The second-order valence-corrected chi connectivity index (χ2v) is 14.0. The molecule has 4 aromatic carbocycles. The Morgan fingerprint density at radius 2 is 0.639 bits per heavy atom. The van der Waals surface area contributed by atoms with Crippen LogP contribution in [0, 0.1) is 0 Å². The van der Waals surface area contributed by atoms with Crippen LogP contribution in [0.3, 0.4) is 0 Å². The fourth-order valence-electron chi connectivity index (χ4n) is 7.53. The molecule has 0 saturated heterocycles. The molecule has 0 fully saturated rings. The summed E-state index contributed by atoms with van der Waals surface area (Å²) in [7, 11) is 0. The number of hydrogen-bond acceptors (Lipinski definition) is 8. The van der Waals surface area contributed by atoms with Gasteiger partial charge in [-0.25, -0.2) is 19.6 Å². The normalized spacial score (nSPS) is 11.5. The van der Waals surface area contributed by atoms with Gasteiger partial charge in [0.25, 0.3) is 0 Å². The average Bonchev–Trinajstić information content (AvgIpc) is 4.10. The van der Waals surface area contributed by atoms with Gasteiger partial charge < -0.3 is 40.0 Å². The van der Waals surface area contributed by atoms with Crippen LogP contribution >= 0.6 is 0 Å². The van der Waals surface area contributed by atoms with Gasteiger partial charge >= 0.3 is 32.4 Å². The van der Waals surface area contributed by atoms with Crippen molar-refractivity contribution in [1.29, 1.82) is 0 Å². The first kappa shape index (κ1) is 39.8. The largest absolute Gasteiger partial charge is 2.00 e. The van der Waals surface area contributed by atoms with E-state index in [1.807, 2.05) is 48.6 Å². The number of nitrogens with zero attached hydrogens (tertiary/aromatic N) is 2. The van der Waals surface area contributed by atoms with Gasteiger partial charge in [-0.15, -0.1) is 0 Å². The van der Waals surface area contributed by atoms with Gasteiger partial charge in [0.1, 0.15) is 0 Å². The molecule has 61 heavy (non-hydrogen) atoms. The van der Waals surface area contributed by atoms with Crippen molar-refractivity contribution >= 4 is 70.2 Å². The summed E-state index contributed by atoms with van der Waals surface area (Å²) in [6.45, 7) is 0. The van der Waals surface area contributed by atoms with Gasteiger partial charge in [-0.05, 0) is 106 Å². The molecule has 7 aromatic rings. The van der Waals surface area contributed by atoms with Crippen molar-refractivity contribution in [1.82, 2.24) is 19.9 Å². The molecule has 3 aromatic heterocycles. The Morgan fingerprint density at radius 1 is 0.377 bits per heavy atom. The van der Waals surface area contributed by atoms with Gasteiger partial charge in [0.15, 0.2) is 0 Å². The molecule has 9 rings (SSSR count). The summed E-state index contributed by atoms with van der Waals surface area (Å²) in [5.41, 5.74) is 10.1. The standard InChI is InChI=1S/C48H30N4O8.Pd/c53-45(54)29-9-1-25(2-10-29)41-33-17-19-35(49-33)42(26-3-11-30(12-4-26)46(55)56)37-21-23-39(51-37)44(28-7-15-32(16-8-28)48(59)60)40-24-22-38(52-40)43(36-20-18-34(41)50-36)27-5-13-31(14-6-27)47(57)58;/h1-24,49-50H,(H,53,54)(H,55,56)(H,57,58)(H,59,60);/q;+2/p-2. The third kappa shape index (κ3) is 7.47. The molecule has 4 N–H and O–H groups in total. The minimum atomic E-state index is -1.32. The van der Waals surface area contributed by atoms with Crippen molar-refractivity contribution in [2.45, 2.75) is 0 Å². The Balaban J connectivity index is 0.00000514. The van der Waals surface area contributed by atoms with Crippen molar-refractivity contribution in [3.8, 4) is 44.5 Å². The van der Waals surface area contributed by atoms with E-state index in [0.717, 1.165) is 0 Å². The van der Waals surface area contributed by atoms with Crippen LogP contribution in [0.25, 0.3) is 90.9 Å². The number of nitrogens with one attached hydrogen (secondary N) is 2. The van der Waals surface area contributed by atoms with Crippen molar-refractivity contribution < 1.29 is 60.0 Å². The first-order chi connectivity index (χ1) is 29.0. The molecule has 5 heterocycles. The summed E-state index contributed by atoms with van der Waals surface area (Å²) in [4.78, 5) is 64.5. The van der Waals surface area contributed by atoms with E-state index in [0.29, 0.717) is 89.4 Å². The summed E-state index contributed by atoms with van der Waals surface area (Å²) in [6, 6.07) is 33.0. The number of benzene rings is 4. The van der Waals surface area contributed by atoms with Crippen LogP contribution in [-0.2, 0) is 20.4 Å². The van der Waals surface area contributed by atoms with Crippen LogP contribution in [0.15, 0.2) is 121 Å². The number of aromatic amines is 2. The molecule has 8 bridgehead atoms. The zero-order chi connectivity index (χ0) is 41.7. The molecular formula is C48H28N4O8Pd. The average molecular weight is 895 g/mol. The summed E-state index contributed by atoms with van der Waals surface area (Å²) < 4.78 is 0. The van der Waals surface area contributed by atoms with E-state index < -0.39 is 23.9 Å². The second-order valence-electron chi connectivity index (χ2n) is 14.0. The molecule has 0 amide bonds. The van der Waals surface area contributed by atoms with Crippen LogP contribution in [0.4, 0.5) is 0 Å². The number of H-pyrrole nitrogens is 2. The summed E-state index contributed by atoms with van der Waals surface area (Å²) >= 11 is 0. The molecule has 0 radical (unpaired) electrons. The number of rotatable bonds is 8. The minimum Gasteiger partial charge on any atom is -0.545 e. The summed E-state index contributed by atoms with van der Waals surface area (Å²) in [5, 5.41) is 42.8. The Bertz CT molecular complexity index is 3030. The van der Waals surface area contributed by atoms with Crippen LogP contribution in [0.5, 0.6) is 0 Å². The zero-order valence-corrected chi connectivity index (χ0v) is 33.0. The van der Waals surface area contributed by atoms with E-state index in [4.69, 9.17) is 9.97 Å². The van der Waals surface area contributed by atoms with Gasteiger partial charge in [-0.3, -0.25) is 0 Å². The molecule has 0 atom stereocenters. The SMILES string of the molecule is O=C([O-])c1ccc(-c2c3nc(c(-c4ccc(C(=O)[O-])cc4)c4ccc([nH]4)c(-c4ccc(C(=O)O)cc4)c4ccc([nH]4)c(-c4ccc(C(=O)O)cc4)c4nc2C=C4)C=C3)cc1.[Pd+2]. The zero-order valence-electron chi connectivity index (χ0n) is 31.4. The minimum absolute atomic E-state index is 0. The summed E-state index contributed by atoms with van der Waals surface area (Å²) in [5.74, 6) is -4.78. The maximum Gasteiger partial charge on any atom is 2.00 e. The quantitative estimate of drug-likeness (QED) is 0.111. The van der Waals surface area contributed by atoms with Crippen molar-refractivity contribution in [3.05, 3.63) is 166 Å².